The Morgan fingerprint density at radius 1 is 1.05 bits per heavy atom. The van der Waals surface area contributed by atoms with Gasteiger partial charge in [0.05, 0.1) is 11.2 Å². The molecule has 0 aliphatic heterocycles. The van der Waals surface area contributed by atoms with Crippen molar-refractivity contribution in [1.29, 1.82) is 0 Å². The van der Waals surface area contributed by atoms with Crippen molar-refractivity contribution in [3.05, 3.63) is 65.9 Å². The largest absolute Gasteiger partial charge is 0.386 e. The maximum Gasteiger partial charge on any atom is 0.125 e. The van der Waals surface area contributed by atoms with E-state index >= 15 is 0 Å². The minimum absolute atomic E-state index is 0.513. The summed E-state index contributed by atoms with van der Waals surface area (Å²) in [4.78, 5) is 12.6. The lowest BCUT2D eigenvalue weighted by atomic mass is 10.0. The highest BCUT2D eigenvalue weighted by atomic mass is 16.3. The summed E-state index contributed by atoms with van der Waals surface area (Å²) in [5, 5.41) is 11.4. The van der Waals surface area contributed by atoms with E-state index in [-0.39, 0.29) is 0 Å². The van der Waals surface area contributed by atoms with Crippen molar-refractivity contribution in [1.82, 2.24) is 15.0 Å². The third-order valence-electron chi connectivity index (χ3n) is 3.29. The third kappa shape index (κ3) is 2.51. The summed E-state index contributed by atoms with van der Waals surface area (Å²) < 4.78 is 0. The van der Waals surface area contributed by atoms with Gasteiger partial charge in [0, 0.05) is 24.2 Å². The quantitative estimate of drug-likeness (QED) is 0.790. The van der Waals surface area contributed by atoms with Gasteiger partial charge in [0.25, 0.3) is 0 Å². The number of aliphatic hydroxyl groups excluding tert-OH is 1. The Kier molecular flexibility index (Phi) is 3.39. The fraction of sp³-hybridized carbons (Fsp3) is 0.188. The highest BCUT2D eigenvalue weighted by Crippen LogP contribution is 2.22. The number of fused-ring (bicyclic) bond motifs is 1. The maximum absolute atomic E-state index is 10.3. The molecule has 3 aromatic rings. The third-order valence-corrected chi connectivity index (χ3v) is 3.29. The Morgan fingerprint density at radius 2 is 1.85 bits per heavy atom. The van der Waals surface area contributed by atoms with Gasteiger partial charge in [-0.25, -0.2) is 9.97 Å². The average molecular weight is 265 g/mol. The second-order valence-electron chi connectivity index (χ2n) is 4.74. The molecule has 0 radical (unpaired) electrons. The van der Waals surface area contributed by atoms with Gasteiger partial charge in [-0.1, -0.05) is 18.2 Å². The molecule has 4 heteroatoms. The number of benzene rings is 1. The molecule has 0 aliphatic carbocycles. The summed E-state index contributed by atoms with van der Waals surface area (Å²) in [6.45, 7) is 1.82. The number of aliphatic hydroxyl groups is 1. The van der Waals surface area contributed by atoms with Crippen LogP contribution in [0.15, 0.2) is 48.8 Å². The molecule has 0 saturated carbocycles. The van der Waals surface area contributed by atoms with Crippen molar-refractivity contribution < 1.29 is 5.11 Å². The van der Waals surface area contributed by atoms with Crippen LogP contribution in [0.2, 0.25) is 0 Å². The molecule has 1 aromatic carbocycles. The summed E-state index contributed by atoms with van der Waals surface area (Å²) in [6.07, 6.45) is 3.32. The van der Waals surface area contributed by atoms with Gasteiger partial charge in [0.1, 0.15) is 11.9 Å². The molecule has 1 unspecified atom stereocenters. The lowest BCUT2D eigenvalue weighted by Crippen LogP contribution is -2.06. The second-order valence-corrected chi connectivity index (χ2v) is 4.74. The molecule has 2 aromatic heterocycles. The van der Waals surface area contributed by atoms with Crippen molar-refractivity contribution >= 4 is 10.9 Å². The van der Waals surface area contributed by atoms with E-state index in [9.17, 15) is 5.11 Å². The van der Waals surface area contributed by atoms with E-state index < -0.39 is 6.10 Å². The molecule has 0 bridgehead atoms. The average Bonchev–Trinajstić information content (AvgIpc) is 2.47. The predicted octanol–water partition coefficient (Wildman–Crippen LogP) is 2.61. The second kappa shape index (κ2) is 5.35. The Morgan fingerprint density at radius 3 is 2.70 bits per heavy atom. The van der Waals surface area contributed by atoms with Gasteiger partial charge >= 0.3 is 0 Å². The first kappa shape index (κ1) is 12.7. The van der Waals surface area contributed by atoms with Gasteiger partial charge in [-0.05, 0) is 30.7 Å². The van der Waals surface area contributed by atoms with Crippen molar-refractivity contribution in [3.63, 3.8) is 0 Å². The van der Waals surface area contributed by atoms with E-state index in [1.165, 1.54) is 0 Å². The van der Waals surface area contributed by atoms with Gasteiger partial charge in [-0.2, -0.15) is 0 Å². The SMILES string of the molecule is Cc1nccc(C(O)Cc2ccnc3ccccc23)n1. The summed E-state index contributed by atoms with van der Waals surface area (Å²) in [5.74, 6) is 0.668. The van der Waals surface area contributed by atoms with Crippen LogP contribution in [0.25, 0.3) is 10.9 Å². The molecule has 0 aliphatic rings. The summed E-state index contributed by atoms with van der Waals surface area (Å²) >= 11 is 0. The molecular formula is C16H15N3O. The van der Waals surface area contributed by atoms with Crippen LogP contribution < -0.4 is 0 Å². The normalized spacial score (nSPS) is 12.5. The van der Waals surface area contributed by atoms with Crippen LogP contribution in [0, 0.1) is 6.92 Å². The fourth-order valence-electron chi connectivity index (χ4n) is 2.31. The van der Waals surface area contributed by atoms with E-state index in [1.54, 1.807) is 18.5 Å². The number of aryl methyl sites for hydroxylation is 1. The molecule has 1 atom stereocenters. The molecule has 2 heterocycles. The molecular weight excluding hydrogens is 250 g/mol. The highest BCUT2D eigenvalue weighted by molar-refractivity contribution is 5.81. The number of hydrogen-bond acceptors (Lipinski definition) is 4. The van der Waals surface area contributed by atoms with Crippen LogP contribution in [0.4, 0.5) is 0 Å². The molecule has 0 spiro atoms. The van der Waals surface area contributed by atoms with E-state index in [1.807, 2.05) is 37.3 Å². The molecule has 3 rings (SSSR count). The van der Waals surface area contributed by atoms with Crippen molar-refractivity contribution in [2.45, 2.75) is 19.4 Å². The smallest absolute Gasteiger partial charge is 0.125 e. The molecule has 20 heavy (non-hydrogen) atoms. The highest BCUT2D eigenvalue weighted by Gasteiger charge is 2.12. The fourth-order valence-corrected chi connectivity index (χ4v) is 2.31. The van der Waals surface area contributed by atoms with E-state index in [0.717, 1.165) is 16.5 Å². The number of rotatable bonds is 3. The van der Waals surface area contributed by atoms with Crippen molar-refractivity contribution in [3.8, 4) is 0 Å². The lowest BCUT2D eigenvalue weighted by molar-refractivity contribution is 0.173. The molecule has 0 saturated heterocycles. The lowest BCUT2D eigenvalue weighted by Gasteiger charge is -2.12. The Bertz CT molecular complexity index is 737. The van der Waals surface area contributed by atoms with Gasteiger partial charge in [-0.15, -0.1) is 0 Å². The van der Waals surface area contributed by atoms with Crippen LogP contribution in [0.1, 0.15) is 23.2 Å². The summed E-state index contributed by atoms with van der Waals surface area (Å²) in [7, 11) is 0. The Labute approximate surface area is 117 Å². The molecule has 4 nitrogen and oxygen atoms in total. The zero-order valence-corrected chi connectivity index (χ0v) is 11.2. The predicted molar refractivity (Wildman–Crippen MR) is 77.2 cm³/mol. The van der Waals surface area contributed by atoms with Gasteiger partial charge < -0.3 is 5.11 Å². The number of nitrogens with zero attached hydrogens (tertiary/aromatic N) is 3. The molecule has 0 fully saturated rings. The molecule has 100 valence electrons. The van der Waals surface area contributed by atoms with Crippen LogP contribution >= 0.6 is 0 Å². The zero-order chi connectivity index (χ0) is 13.9. The summed E-state index contributed by atoms with van der Waals surface area (Å²) in [5.41, 5.74) is 2.66. The van der Waals surface area contributed by atoms with Gasteiger partial charge in [-0.3, -0.25) is 4.98 Å². The topological polar surface area (TPSA) is 58.9 Å². The van der Waals surface area contributed by atoms with E-state index in [4.69, 9.17) is 0 Å². The van der Waals surface area contributed by atoms with E-state index in [0.29, 0.717) is 17.9 Å². The Balaban J connectivity index is 1.93. The van der Waals surface area contributed by atoms with Crippen LogP contribution in [0.5, 0.6) is 0 Å². The number of hydrogen-bond donors (Lipinski definition) is 1. The first-order valence-corrected chi connectivity index (χ1v) is 6.54. The number of para-hydroxylation sites is 1. The van der Waals surface area contributed by atoms with Crippen LogP contribution in [0.3, 0.4) is 0 Å². The standard InChI is InChI=1S/C16H15N3O/c1-11-17-9-7-15(19-11)16(20)10-12-6-8-18-14-5-3-2-4-13(12)14/h2-9,16,20H,10H2,1H3. The van der Waals surface area contributed by atoms with E-state index in [2.05, 4.69) is 15.0 Å². The summed E-state index contributed by atoms with van der Waals surface area (Å²) in [6, 6.07) is 11.6. The minimum atomic E-state index is -0.637. The van der Waals surface area contributed by atoms with Gasteiger partial charge in [0.15, 0.2) is 0 Å². The first-order chi connectivity index (χ1) is 9.74. The van der Waals surface area contributed by atoms with Crippen molar-refractivity contribution in [2.24, 2.45) is 0 Å². The van der Waals surface area contributed by atoms with Crippen LogP contribution in [-0.2, 0) is 6.42 Å². The zero-order valence-electron chi connectivity index (χ0n) is 11.2. The van der Waals surface area contributed by atoms with Gasteiger partial charge in [0.2, 0.25) is 0 Å². The maximum atomic E-state index is 10.3. The minimum Gasteiger partial charge on any atom is -0.386 e. The first-order valence-electron chi connectivity index (χ1n) is 6.54. The molecule has 1 N–H and O–H groups in total. The number of pyridine rings is 1. The number of aromatic nitrogens is 3. The monoisotopic (exact) mass is 265 g/mol. The van der Waals surface area contributed by atoms with Crippen molar-refractivity contribution in [2.75, 3.05) is 0 Å². The Hall–Kier alpha value is -2.33. The molecule has 0 amide bonds. The van der Waals surface area contributed by atoms with Crippen LogP contribution in [-0.4, -0.2) is 20.1 Å².